The van der Waals surface area contributed by atoms with E-state index in [-0.39, 0.29) is 0 Å². The van der Waals surface area contributed by atoms with Crippen molar-refractivity contribution >= 4 is 34.2 Å². The van der Waals surface area contributed by atoms with Crippen LogP contribution in [0, 0.1) is 0 Å². The number of hydrogen-bond acceptors (Lipinski definition) is 2. The largest absolute Gasteiger partial charge is 0.277 e. The van der Waals surface area contributed by atoms with Gasteiger partial charge in [-0.05, 0) is 27.6 Å². The number of hydrazone groups is 1. The van der Waals surface area contributed by atoms with Gasteiger partial charge in [0.2, 0.25) is 6.41 Å². The Hall–Kier alpha value is -2.68. The summed E-state index contributed by atoms with van der Waals surface area (Å²) >= 11 is 0. The Kier molecular flexibility index (Phi) is 2.94. The molecule has 0 atom stereocenters. The zero-order valence-electron chi connectivity index (χ0n) is 10.2. The van der Waals surface area contributed by atoms with E-state index in [1.54, 1.807) is 6.21 Å². The quantitative estimate of drug-likeness (QED) is 0.329. The van der Waals surface area contributed by atoms with Crippen molar-refractivity contribution in [1.82, 2.24) is 5.43 Å². The standard InChI is InChI=1S/C16H12N2O/c19-11-18-17-10-13-9-12-5-1-2-6-14(12)16-8-4-3-7-15(13)16/h1-11H,(H,18,19). The topological polar surface area (TPSA) is 41.5 Å². The molecule has 0 aliphatic carbocycles. The number of hydrogen-bond donors (Lipinski definition) is 1. The molecule has 0 aromatic heterocycles. The van der Waals surface area contributed by atoms with Crippen LogP contribution in [0.25, 0.3) is 21.5 Å². The molecule has 3 aromatic carbocycles. The number of carbonyl (C=O) groups excluding carboxylic acids is 1. The van der Waals surface area contributed by atoms with Gasteiger partial charge in [0.15, 0.2) is 0 Å². The van der Waals surface area contributed by atoms with Crippen LogP contribution >= 0.6 is 0 Å². The zero-order chi connectivity index (χ0) is 13.1. The van der Waals surface area contributed by atoms with Gasteiger partial charge >= 0.3 is 0 Å². The Morgan fingerprint density at radius 1 is 0.895 bits per heavy atom. The summed E-state index contributed by atoms with van der Waals surface area (Å²) in [6, 6.07) is 18.5. The third-order valence-electron chi connectivity index (χ3n) is 3.13. The Bertz CT molecular complexity index is 778. The van der Waals surface area contributed by atoms with Gasteiger partial charge in [-0.1, -0.05) is 48.5 Å². The van der Waals surface area contributed by atoms with E-state index in [0.29, 0.717) is 6.41 Å². The summed E-state index contributed by atoms with van der Waals surface area (Å²) in [5.41, 5.74) is 3.29. The number of benzene rings is 3. The molecule has 0 heterocycles. The van der Waals surface area contributed by atoms with E-state index in [9.17, 15) is 4.79 Å². The summed E-state index contributed by atoms with van der Waals surface area (Å²) < 4.78 is 0. The lowest BCUT2D eigenvalue weighted by atomic mass is 9.98. The van der Waals surface area contributed by atoms with Crippen molar-refractivity contribution in [3.8, 4) is 0 Å². The highest BCUT2D eigenvalue weighted by atomic mass is 16.1. The lowest BCUT2D eigenvalue weighted by molar-refractivity contribution is -0.109. The van der Waals surface area contributed by atoms with Gasteiger partial charge in [-0.25, -0.2) is 5.43 Å². The number of carbonyl (C=O) groups is 1. The molecule has 0 radical (unpaired) electrons. The van der Waals surface area contributed by atoms with Gasteiger partial charge in [-0.3, -0.25) is 4.79 Å². The second kappa shape index (κ2) is 4.90. The summed E-state index contributed by atoms with van der Waals surface area (Å²) in [7, 11) is 0. The molecule has 3 rings (SSSR count). The van der Waals surface area contributed by atoms with Crippen LogP contribution in [0.4, 0.5) is 0 Å². The molecular formula is C16H12N2O. The Morgan fingerprint density at radius 2 is 1.58 bits per heavy atom. The Morgan fingerprint density at radius 3 is 2.37 bits per heavy atom. The van der Waals surface area contributed by atoms with Crippen LogP contribution in [0.15, 0.2) is 59.7 Å². The molecule has 3 heteroatoms. The fourth-order valence-corrected chi connectivity index (χ4v) is 2.33. The molecule has 0 bridgehead atoms. The molecule has 3 aromatic rings. The predicted octanol–water partition coefficient (Wildman–Crippen LogP) is 3.07. The van der Waals surface area contributed by atoms with Crippen molar-refractivity contribution in [1.29, 1.82) is 0 Å². The van der Waals surface area contributed by atoms with Crippen LogP contribution in [-0.4, -0.2) is 12.6 Å². The first-order valence-corrected chi connectivity index (χ1v) is 6.03. The first-order chi connectivity index (χ1) is 9.40. The van der Waals surface area contributed by atoms with Gasteiger partial charge in [0, 0.05) is 5.56 Å². The molecular weight excluding hydrogens is 236 g/mol. The monoisotopic (exact) mass is 248 g/mol. The average Bonchev–Trinajstić information content (AvgIpc) is 2.47. The maximum atomic E-state index is 10.2. The minimum atomic E-state index is 0.555. The van der Waals surface area contributed by atoms with Crippen molar-refractivity contribution in [2.24, 2.45) is 5.10 Å². The number of rotatable bonds is 3. The number of nitrogens with zero attached hydrogens (tertiary/aromatic N) is 1. The van der Waals surface area contributed by atoms with Crippen LogP contribution in [0.5, 0.6) is 0 Å². The summed E-state index contributed by atoms with van der Waals surface area (Å²) in [5.74, 6) is 0. The fourth-order valence-electron chi connectivity index (χ4n) is 2.33. The van der Waals surface area contributed by atoms with E-state index < -0.39 is 0 Å². The van der Waals surface area contributed by atoms with E-state index in [2.05, 4.69) is 40.9 Å². The van der Waals surface area contributed by atoms with Crippen molar-refractivity contribution in [3.05, 3.63) is 60.2 Å². The van der Waals surface area contributed by atoms with Crippen LogP contribution in [0.2, 0.25) is 0 Å². The maximum Gasteiger partial charge on any atom is 0.227 e. The highest BCUT2D eigenvalue weighted by molar-refractivity contribution is 6.14. The normalized spacial score (nSPS) is 11.2. The lowest BCUT2D eigenvalue weighted by Crippen LogP contribution is -2.00. The molecule has 92 valence electrons. The predicted molar refractivity (Wildman–Crippen MR) is 78.2 cm³/mol. The van der Waals surface area contributed by atoms with Crippen LogP contribution in [-0.2, 0) is 4.79 Å². The van der Waals surface area contributed by atoms with Gasteiger partial charge in [0.1, 0.15) is 0 Å². The van der Waals surface area contributed by atoms with Crippen LogP contribution in [0.3, 0.4) is 0 Å². The molecule has 1 N–H and O–H groups in total. The molecule has 0 saturated carbocycles. The Balaban J connectivity index is 2.32. The van der Waals surface area contributed by atoms with E-state index in [4.69, 9.17) is 0 Å². The number of fused-ring (bicyclic) bond motifs is 3. The molecule has 0 aliphatic heterocycles. The van der Waals surface area contributed by atoms with Crippen LogP contribution in [0.1, 0.15) is 5.56 Å². The average molecular weight is 248 g/mol. The minimum Gasteiger partial charge on any atom is -0.277 e. The SMILES string of the molecule is O=CNN=Cc1cc2ccccc2c2ccccc12. The number of amides is 1. The van der Waals surface area contributed by atoms with Gasteiger partial charge in [-0.2, -0.15) is 5.10 Å². The molecule has 0 unspecified atom stereocenters. The Labute approximate surface area is 110 Å². The second-order valence-electron chi connectivity index (χ2n) is 4.24. The zero-order valence-corrected chi connectivity index (χ0v) is 10.2. The van der Waals surface area contributed by atoms with Crippen molar-refractivity contribution < 1.29 is 4.79 Å². The first kappa shape index (κ1) is 11.4. The summed E-state index contributed by atoms with van der Waals surface area (Å²) in [6.07, 6.45) is 2.23. The van der Waals surface area contributed by atoms with Crippen molar-refractivity contribution in [2.45, 2.75) is 0 Å². The molecule has 0 aliphatic rings. The molecule has 0 saturated heterocycles. The summed E-state index contributed by atoms with van der Waals surface area (Å²) in [6.45, 7) is 0. The van der Waals surface area contributed by atoms with Gasteiger partial charge in [0.05, 0.1) is 6.21 Å². The molecule has 1 amide bonds. The fraction of sp³-hybridized carbons (Fsp3) is 0. The summed E-state index contributed by atoms with van der Waals surface area (Å²) in [4.78, 5) is 10.2. The van der Waals surface area contributed by atoms with Gasteiger partial charge in [0.25, 0.3) is 0 Å². The van der Waals surface area contributed by atoms with E-state index in [1.165, 1.54) is 10.8 Å². The van der Waals surface area contributed by atoms with E-state index in [0.717, 1.165) is 16.3 Å². The maximum absolute atomic E-state index is 10.2. The highest BCUT2D eigenvalue weighted by Crippen LogP contribution is 2.27. The number of nitrogens with one attached hydrogen (secondary N) is 1. The second-order valence-corrected chi connectivity index (χ2v) is 4.24. The molecule has 0 spiro atoms. The van der Waals surface area contributed by atoms with Crippen molar-refractivity contribution in [2.75, 3.05) is 0 Å². The van der Waals surface area contributed by atoms with Crippen LogP contribution < -0.4 is 5.43 Å². The van der Waals surface area contributed by atoms with E-state index >= 15 is 0 Å². The highest BCUT2D eigenvalue weighted by Gasteiger charge is 2.03. The summed E-state index contributed by atoms with van der Waals surface area (Å²) in [5, 5.41) is 8.57. The lowest BCUT2D eigenvalue weighted by Gasteiger charge is -2.07. The third kappa shape index (κ3) is 2.06. The molecule has 0 fully saturated rings. The smallest absolute Gasteiger partial charge is 0.227 e. The van der Waals surface area contributed by atoms with Crippen molar-refractivity contribution in [3.63, 3.8) is 0 Å². The van der Waals surface area contributed by atoms with Gasteiger partial charge < -0.3 is 0 Å². The minimum absolute atomic E-state index is 0.555. The van der Waals surface area contributed by atoms with Gasteiger partial charge in [-0.15, -0.1) is 0 Å². The third-order valence-corrected chi connectivity index (χ3v) is 3.13. The molecule has 19 heavy (non-hydrogen) atoms. The van der Waals surface area contributed by atoms with E-state index in [1.807, 2.05) is 24.3 Å². The molecule has 3 nitrogen and oxygen atoms in total. The first-order valence-electron chi connectivity index (χ1n) is 6.03.